The number of phenolic OH excluding ortho intramolecular Hbond substituents is 2. The number of benzene rings is 1. The molecule has 0 amide bonds. The van der Waals surface area contributed by atoms with Gasteiger partial charge < -0.3 is 15.3 Å². The molecule has 0 fully saturated rings. The minimum Gasteiger partial charge on any atom is -0.504 e. The second kappa shape index (κ2) is 9.61. The van der Waals surface area contributed by atoms with Crippen LogP contribution in [0.25, 0.3) is 0 Å². The van der Waals surface area contributed by atoms with Gasteiger partial charge in [-0.3, -0.25) is 0 Å². The van der Waals surface area contributed by atoms with Gasteiger partial charge in [-0.05, 0) is 76.3 Å². The highest BCUT2D eigenvalue weighted by Crippen LogP contribution is 2.43. The number of phenols is 2. The normalized spacial score (nSPS) is 16.1. The number of allylic oxidation sites excluding steroid dienone is 2. The van der Waals surface area contributed by atoms with Crippen LogP contribution in [-0.2, 0) is 6.42 Å². The van der Waals surface area contributed by atoms with Crippen LogP contribution in [0.2, 0.25) is 0 Å². The van der Waals surface area contributed by atoms with Crippen LogP contribution in [0, 0.1) is 6.92 Å². The molecule has 0 spiro atoms. The number of aliphatic hydroxyl groups excluding tert-OH is 1. The van der Waals surface area contributed by atoms with Crippen LogP contribution >= 0.6 is 0 Å². The van der Waals surface area contributed by atoms with Gasteiger partial charge in [0.05, 0.1) is 0 Å². The third-order valence-corrected chi connectivity index (χ3v) is 4.33. The van der Waals surface area contributed by atoms with Crippen molar-refractivity contribution in [3.05, 3.63) is 34.4 Å². The number of rotatable bonds is 4. The molecule has 0 bridgehead atoms. The van der Waals surface area contributed by atoms with Crippen molar-refractivity contribution in [1.82, 2.24) is 0 Å². The van der Waals surface area contributed by atoms with Crippen molar-refractivity contribution in [3.8, 4) is 11.5 Å². The molecule has 3 heteroatoms. The minimum absolute atomic E-state index is 0.0532. The molecule has 0 heterocycles. The summed E-state index contributed by atoms with van der Waals surface area (Å²) in [4.78, 5) is 0. The van der Waals surface area contributed by atoms with Crippen molar-refractivity contribution in [1.29, 1.82) is 0 Å². The van der Waals surface area contributed by atoms with Gasteiger partial charge >= 0.3 is 0 Å². The fourth-order valence-electron chi connectivity index (χ4n) is 3.02. The van der Waals surface area contributed by atoms with Gasteiger partial charge in [0.15, 0.2) is 11.5 Å². The molecule has 3 N–H and O–H groups in total. The molecule has 0 saturated heterocycles. The number of hydrogen-bond acceptors (Lipinski definition) is 3. The first-order valence-corrected chi connectivity index (χ1v) is 8.67. The molecule has 3 nitrogen and oxygen atoms in total. The van der Waals surface area contributed by atoms with Crippen LogP contribution in [0.1, 0.15) is 75.5 Å². The Balaban J connectivity index is 0.000000257. The lowest BCUT2D eigenvalue weighted by Crippen LogP contribution is -2.07. The van der Waals surface area contributed by atoms with E-state index in [1.165, 1.54) is 17.6 Å². The fourth-order valence-corrected chi connectivity index (χ4v) is 3.02. The van der Waals surface area contributed by atoms with Gasteiger partial charge in [0.1, 0.15) is 0 Å². The van der Waals surface area contributed by atoms with Gasteiger partial charge in [-0.25, -0.2) is 0 Å². The molecule has 23 heavy (non-hydrogen) atoms. The molecular weight excluding hydrogens is 288 g/mol. The van der Waals surface area contributed by atoms with Crippen LogP contribution in [-0.4, -0.2) is 21.9 Å². The summed E-state index contributed by atoms with van der Waals surface area (Å²) in [6.07, 6.45) is 8.67. The van der Waals surface area contributed by atoms with Crippen LogP contribution in [0.15, 0.2) is 17.7 Å². The predicted octanol–water partition coefficient (Wildman–Crippen LogP) is 4.96. The molecule has 1 atom stereocenters. The van der Waals surface area contributed by atoms with E-state index >= 15 is 0 Å². The largest absolute Gasteiger partial charge is 0.504 e. The summed E-state index contributed by atoms with van der Waals surface area (Å²) < 4.78 is 0. The lowest BCUT2D eigenvalue weighted by Gasteiger charge is -2.24. The average Bonchev–Trinajstić information content (AvgIpc) is 2.50. The Bertz CT molecular complexity index is 528. The molecule has 0 saturated carbocycles. The maximum atomic E-state index is 9.84. The van der Waals surface area contributed by atoms with Crippen molar-refractivity contribution in [2.24, 2.45) is 0 Å². The quantitative estimate of drug-likeness (QED) is 0.417. The molecule has 1 aliphatic carbocycles. The highest BCUT2D eigenvalue weighted by Gasteiger charge is 2.23. The Labute approximate surface area is 140 Å². The van der Waals surface area contributed by atoms with E-state index < -0.39 is 0 Å². The van der Waals surface area contributed by atoms with Gasteiger partial charge in [-0.1, -0.05) is 24.6 Å². The van der Waals surface area contributed by atoms with E-state index in [0.717, 1.165) is 43.2 Å². The van der Waals surface area contributed by atoms with Gasteiger partial charge in [-0.15, -0.1) is 0 Å². The summed E-state index contributed by atoms with van der Waals surface area (Å²) in [5.41, 5.74) is 4.30. The van der Waals surface area contributed by atoms with Gasteiger partial charge in [0.2, 0.25) is 0 Å². The van der Waals surface area contributed by atoms with Gasteiger partial charge in [-0.2, -0.15) is 0 Å². The van der Waals surface area contributed by atoms with Crippen LogP contribution in [0.4, 0.5) is 0 Å². The van der Waals surface area contributed by atoms with Crippen LogP contribution < -0.4 is 0 Å². The molecule has 0 radical (unpaired) electrons. The van der Waals surface area contributed by atoms with Crippen molar-refractivity contribution in [2.75, 3.05) is 6.61 Å². The summed E-state index contributed by atoms with van der Waals surface area (Å²) in [5.74, 6) is 0.523. The van der Waals surface area contributed by atoms with E-state index in [0.29, 0.717) is 12.5 Å². The molecule has 1 aromatic carbocycles. The summed E-state index contributed by atoms with van der Waals surface area (Å²) in [6.45, 7) is 8.45. The number of fused-ring (bicyclic) bond motifs is 1. The van der Waals surface area contributed by atoms with Gasteiger partial charge in [0.25, 0.3) is 0 Å². The smallest absolute Gasteiger partial charge is 0.161 e. The zero-order chi connectivity index (χ0) is 17.4. The maximum absolute atomic E-state index is 9.84. The average molecular weight is 320 g/mol. The zero-order valence-corrected chi connectivity index (χ0v) is 15.0. The first-order valence-electron chi connectivity index (χ1n) is 8.67. The first kappa shape index (κ1) is 19.6. The maximum Gasteiger partial charge on any atom is 0.161 e. The second-order valence-electron chi connectivity index (χ2n) is 6.76. The number of aryl methyl sites for hydroxylation is 2. The Kier molecular flexibility index (Phi) is 8.18. The lowest BCUT2D eigenvalue weighted by molar-refractivity contribution is 0.285. The van der Waals surface area contributed by atoms with E-state index in [4.69, 9.17) is 5.11 Å². The highest BCUT2D eigenvalue weighted by atomic mass is 16.3. The molecule has 1 unspecified atom stereocenters. The van der Waals surface area contributed by atoms with E-state index in [2.05, 4.69) is 26.8 Å². The zero-order valence-electron chi connectivity index (χ0n) is 15.0. The summed E-state index contributed by atoms with van der Waals surface area (Å²) >= 11 is 0. The molecule has 2 rings (SSSR count). The van der Waals surface area contributed by atoms with E-state index in [1.807, 2.05) is 13.0 Å². The SMILES string of the molecule is CC(C)=CCCCCO.Cc1cc2c(c(O)c1O)C(C)CCC2. The van der Waals surface area contributed by atoms with Crippen molar-refractivity contribution in [3.63, 3.8) is 0 Å². The van der Waals surface area contributed by atoms with Gasteiger partial charge in [0, 0.05) is 12.2 Å². The Morgan fingerprint density at radius 2 is 1.91 bits per heavy atom. The van der Waals surface area contributed by atoms with Crippen molar-refractivity contribution >= 4 is 0 Å². The van der Waals surface area contributed by atoms with Crippen LogP contribution in [0.5, 0.6) is 11.5 Å². The fraction of sp³-hybridized carbons (Fsp3) is 0.600. The highest BCUT2D eigenvalue weighted by molar-refractivity contribution is 5.55. The van der Waals surface area contributed by atoms with Crippen LogP contribution in [0.3, 0.4) is 0 Å². The number of hydrogen-bond donors (Lipinski definition) is 3. The molecule has 130 valence electrons. The minimum atomic E-state index is 0.0532. The molecule has 1 aliphatic rings. The topological polar surface area (TPSA) is 60.7 Å². The number of unbranched alkanes of at least 4 members (excludes halogenated alkanes) is 2. The summed E-state index contributed by atoms with van der Waals surface area (Å²) in [7, 11) is 0. The Morgan fingerprint density at radius 1 is 1.22 bits per heavy atom. The second-order valence-corrected chi connectivity index (χ2v) is 6.76. The Morgan fingerprint density at radius 3 is 2.52 bits per heavy atom. The van der Waals surface area contributed by atoms with Crippen molar-refractivity contribution < 1.29 is 15.3 Å². The molecular formula is C20H32O3. The lowest BCUT2D eigenvalue weighted by atomic mass is 9.82. The first-order chi connectivity index (χ1) is 10.9. The van der Waals surface area contributed by atoms with Crippen molar-refractivity contribution in [2.45, 2.75) is 72.1 Å². The van der Waals surface area contributed by atoms with E-state index in [-0.39, 0.29) is 11.5 Å². The molecule has 0 aromatic heterocycles. The Hall–Kier alpha value is -1.48. The third-order valence-electron chi connectivity index (χ3n) is 4.33. The standard InChI is InChI=1S/C12H16O2.C8H16O/c1-7-4-3-5-9-6-8(2)11(13)12(14)10(7)9;1-8(2)6-4-3-5-7-9/h6-7,13-14H,3-5H2,1-2H3;6,9H,3-5,7H2,1-2H3. The third kappa shape index (κ3) is 5.91. The predicted molar refractivity (Wildman–Crippen MR) is 96.2 cm³/mol. The summed E-state index contributed by atoms with van der Waals surface area (Å²) in [5, 5.41) is 27.9. The number of aliphatic hydroxyl groups is 1. The summed E-state index contributed by atoms with van der Waals surface area (Å²) in [6, 6.07) is 2.00. The number of aromatic hydroxyl groups is 2. The monoisotopic (exact) mass is 320 g/mol. The molecule has 0 aliphatic heterocycles. The molecule has 1 aromatic rings. The van der Waals surface area contributed by atoms with E-state index in [1.54, 1.807) is 0 Å². The van der Waals surface area contributed by atoms with E-state index in [9.17, 15) is 10.2 Å².